The summed E-state index contributed by atoms with van der Waals surface area (Å²) in [6, 6.07) is 9.06. The van der Waals surface area contributed by atoms with E-state index in [0.717, 1.165) is 5.69 Å². The number of aliphatic hydroxyl groups is 1. The van der Waals surface area contributed by atoms with Gasteiger partial charge in [0.25, 0.3) is 5.56 Å². The molecule has 0 saturated heterocycles. The lowest BCUT2D eigenvalue weighted by molar-refractivity contribution is 0.144. The van der Waals surface area contributed by atoms with Crippen LogP contribution in [0.3, 0.4) is 0 Å². The summed E-state index contributed by atoms with van der Waals surface area (Å²) in [7, 11) is 0. The summed E-state index contributed by atoms with van der Waals surface area (Å²) in [6.07, 6.45) is -1.12. The van der Waals surface area contributed by atoms with Crippen molar-refractivity contribution in [2.75, 3.05) is 0 Å². The Morgan fingerprint density at radius 1 is 1.24 bits per heavy atom. The molecule has 0 fully saturated rings. The van der Waals surface area contributed by atoms with Gasteiger partial charge in [0.05, 0.1) is 12.2 Å². The average Bonchev–Trinajstić information content (AvgIpc) is 2.40. The molecule has 1 unspecified atom stereocenters. The van der Waals surface area contributed by atoms with E-state index in [1.165, 1.54) is 22.9 Å². The standard InChI is InChI=1S/C16H19FN2O2/c1-16(2,3)14-8-9-15(21)19(18-14)10-13(20)11-6-4-5-7-12(11)17/h4-9,13,20H,10H2,1-3H3. The highest BCUT2D eigenvalue weighted by atomic mass is 19.1. The number of rotatable bonds is 3. The van der Waals surface area contributed by atoms with Crippen LogP contribution in [0.4, 0.5) is 4.39 Å². The Morgan fingerprint density at radius 3 is 2.52 bits per heavy atom. The summed E-state index contributed by atoms with van der Waals surface area (Å²) in [6.45, 7) is 5.87. The fourth-order valence-electron chi connectivity index (χ4n) is 1.99. The average molecular weight is 290 g/mol. The summed E-state index contributed by atoms with van der Waals surface area (Å²) in [5, 5.41) is 14.4. The van der Waals surface area contributed by atoms with Crippen molar-refractivity contribution in [3.05, 3.63) is 63.8 Å². The van der Waals surface area contributed by atoms with E-state index >= 15 is 0 Å². The third-order valence-corrected chi connectivity index (χ3v) is 3.25. The zero-order chi connectivity index (χ0) is 15.6. The van der Waals surface area contributed by atoms with E-state index in [-0.39, 0.29) is 23.1 Å². The van der Waals surface area contributed by atoms with Crippen molar-refractivity contribution in [3.8, 4) is 0 Å². The van der Waals surface area contributed by atoms with Gasteiger partial charge in [-0.15, -0.1) is 0 Å². The van der Waals surface area contributed by atoms with Gasteiger partial charge in [-0.05, 0) is 12.1 Å². The van der Waals surface area contributed by atoms with Crippen molar-refractivity contribution in [3.63, 3.8) is 0 Å². The van der Waals surface area contributed by atoms with E-state index in [4.69, 9.17) is 0 Å². The van der Waals surface area contributed by atoms with Crippen LogP contribution in [0.2, 0.25) is 0 Å². The molecule has 1 N–H and O–H groups in total. The molecule has 1 aromatic heterocycles. The van der Waals surface area contributed by atoms with E-state index in [1.54, 1.807) is 18.2 Å². The fraction of sp³-hybridized carbons (Fsp3) is 0.375. The van der Waals surface area contributed by atoms with Crippen LogP contribution in [0.15, 0.2) is 41.2 Å². The fourth-order valence-corrected chi connectivity index (χ4v) is 1.99. The predicted molar refractivity (Wildman–Crippen MR) is 78.6 cm³/mol. The molecule has 0 spiro atoms. The summed E-state index contributed by atoms with van der Waals surface area (Å²) in [5.41, 5.74) is 0.367. The summed E-state index contributed by atoms with van der Waals surface area (Å²) >= 11 is 0. The zero-order valence-electron chi connectivity index (χ0n) is 12.4. The van der Waals surface area contributed by atoms with Crippen LogP contribution < -0.4 is 5.56 Å². The second kappa shape index (κ2) is 5.77. The molecule has 4 nitrogen and oxygen atoms in total. The second-order valence-corrected chi connectivity index (χ2v) is 6.03. The molecule has 2 rings (SSSR count). The van der Waals surface area contributed by atoms with Crippen LogP contribution in [0, 0.1) is 5.82 Å². The van der Waals surface area contributed by atoms with Gasteiger partial charge in [-0.2, -0.15) is 5.10 Å². The van der Waals surface area contributed by atoms with Crippen LogP contribution in [0.25, 0.3) is 0 Å². The van der Waals surface area contributed by atoms with E-state index < -0.39 is 11.9 Å². The lowest BCUT2D eigenvalue weighted by Gasteiger charge is -2.19. The minimum absolute atomic E-state index is 0.0797. The zero-order valence-corrected chi connectivity index (χ0v) is 12.4. The molecule has 0 amide bonds. The third-order valence-electron chi connectivity index (χ3n) is 3.25. The largest absolute Gasteiger partial charge is 0.386 e. The lowest BCUT2D eigenvalue weighted by atomic mass is 9.92. The van der Waals surface area contributed by atoms with Crippen molar-refractivity contribution in [1.82, 2.24) is 9.78 Å². The molecule has 0 aliphatic rings. The maximum Gasteiger partial charge on any atom is 0.266 e. The quantitative estimate of drug-likeness (QED) is 0.944. The van der Waals surface area contributed by atoms with Gasteiger partial charge in [-0.3, -0.25) is 4.79 Å². The Labute approximate surface area is 122 Å². The summed E-state index contributed by atoms with van der Waals surface area (Å²) in [4.78, 5) is 11.8. The van der Waals surface area contributed by atoms with E-state index in [2.05, 4.69) is 5.10 Å². The van der Waals surface area contributed by atoms with Gasteiger partial charge in [0.2, 0.25) is 0 Å². The van der Waals surface area contributed by atoms with E-state index in [9.17, 15) is 14.3 Å². The van der Waals surface area contributed by atoms with Crippen LogP contribution in [-0.4, -0.2) is 14.9 Å². The van der Waals surface area contributed by atoms with Gasteiger partial charge in [-0.1, -0.05) is 39.0 Å². The normalized spacial score (nSPS) is 13.2. The minimum atomic E-state index is -1.12. The molecule has 1 atom stereocenters. The highest BCUT2D eigenvalue weighted by Gasteiger charge is 2.18. The van der Waals surface area contributed by atoms with Crippen molar-refractivity contribution in [1.29, 1.82) is 0 Å². The monoisotopic (exact) mass is 290 g/mol. The van der Waals surface area contributed by atoms with Crippen LogP contribution in [0.5, 0.6) is 0 Å². The van der Waals surface area contributed by atoms with Gasteiger partial charge >= 0.3 is 0 Å². The first-order valence-corrected chi connectivity index (χ1v) is 6.80. The Balaban J connectivity index is 2.31. The topological polar surface area (TPSA) is 55.1 Å². The number of aromatic nitrogens is 2. The molecule has 0 bridgehead atoms. The Kier molecular flexibility index (Phi) is 4.23. The molecule has 112 valence electrons. The highest BCUT2D eigenvalue weighted by molar-refractivity contribution is 5.19. The van der Waals surface area contributed by atoms with Crippen LogP contribution in [0.1, 0.15) is 38.1 Å². The summed E-state index contributed by atoms with van der Waals surface area (Å²) < 4.78 is 14.8. The molecule has 5 heteroatoms. The van der Waals surface area contributed by atoms with Crippen molar-refractivity contribution >= 4 is 0 Å². The Bertz CT molecular complexity index is 689. The predicted octanol–water partition coefficient (Wildman–Crippen LogP) is 2.41. The van der Waals surface area contributed by atoms with Gasteiger partial charge < -0.3 is 5.11 Å². The molecule has 0 aliphatic heterocycles. The van der Waals surface area contributed by atoms with Crippen molar-refractivity contribution < 1.29 is 9.50 Å². The number of benzene rings is 1. The smallest absolute Gasteiger partial charge is 0.266 e. The molecule has 2 aromatic rings. The molecule has 1 heterocycles. The number of aliphatic hydroxyl groups excluding tert-OH is 1. The molecule has 0 saturated carbocycles. The number of nitrogens with zero attached hydrogens (tertiary/aromatic N) is 2. The third kappa shape index (κ3) is 3.55. The summed E-state index contributed by atoms with van der Waals surface area (Å²) in [5.74, 6) is -0.495. The van der Waals surface area contributed by atoms with Gasteiger partial charge in [-0.25, -0.2) is 9.07 Å². The second-order valence-electron chi connectivity index (χ2n) is 6.03. The molecule has 0 radical (unpaired) electrons. The number of hydrogen-bond donors (Lipinski definition) is 1. The molecule has 1 aromatic carbocycles. The first-order chi connectivity index (χ1) is 9.79. The Morgan fingerprint density at radius 2 is 1.90 bits per heavy atom. The van der Waals surface area contributed by atoms with Gasteiger partial charge in [0.15, 0.2) is 0 Å². The SMILES string of the molecule is CC(C)(C)c1ccc(=O)n(CC(O)c2ccccc2F)n1. The van der Waals surface area contributed by atoms with Crippen LogP contribution in [-0.2, 0) is 12.0 Å². The number of halogens is 1. The first kappa shape index (κ1) is 15.4. The minimum Gasteiger partial charge on any atom is -0.386 e. The van der Waals surface area contributed by atoms with Gasteiger partial charge in [0.1, 0.15) is 11.9 Å². The maximum absolute atomic E-state index is 13.6. The molecular formula is C16H19FN2O2. The molecule has 21 heavy (non-hydrogen) atoms. The van der Waals surface area contributed by atoms with Gasteiger partial charge in [0, 0.05) is 17.0 Å². The number of hydrogen-bond acceptors (Lipinski definition) is 3. The van der Waals surface area contributed by atoms with E-state index in [1.807, 2.05) is 20.8 Å². The molecular weight excluding hydrogens is 271 g/mol. The van der Waals surface area contributed by atoms with Crippen molar-refractivity contribution in [2.24, 2.45) is 0 Å². The molecule has 0 aliphatic carbocycles. The van der Waals surface area contributed by atoms with E-state index in [0.29, 0.717) is 0 Å². The first-order valence-electron chi connectivity index (χ1n) is 6.80. The van der Waals surface area contributed by atoms with Crippen molar-refractivity contribution in [2.45, 2.75) is 38.8 Å². The Hall–Kier alpha value is -2.01. The lowest BCUT2D eigenvalue weighted by Crippen LogP contribution is -2.29. The van der Waals surface area contributed by atoms with Crippen LogP contribution >= 0.6 is 0 Å². The highest BCUT2D eigenvalue weighted by Crippen LogP contribution is 2.20. The maximum atomic E-state index is 13.6.